The van der Waals surface area contributed by atoms with Crippen molar-refractivity contribution >= 4 is 55.8 Å². The quantitative estimate of drug-likeness (QED) is 0.466. The molecule has 0 aliphatic carbocycles. The van der Waals surface area contributed by atoms with Gasteiger partial charge >= 0.3 is 0 Å². The van der Waals surface area contributed by atoms with E-state index in [0.29, 0.717) is 41.1 Å². The van der Waals surface area contributed by atoms with Gasteiger partial charge in [0.25, 0.3) is 0 Å². The van der Waals surface area contributed by atoms with E-state index < -0.39 is 10.0 Å². The van der Waals surface area contributed by atoms with Gasteiger partial charge in [-0.15, -0.1) is 10.2 Å². The summed E-state index contributed by atoms with van der Waals surface area (Å²) in [4.78, 5) is 24.4. The Bertz CT molecular complexity index is 1000. The Labute approximate surface area is 181 Å². The van der Waals surface area contributed by atoms with Gasteiger partial charge in [0.1, 0.15) is 5.82 Å². The van der Waals surface area contributed by atoms with Crippen molar-refractivity contribution in [2.24, 2.45) is 5.92 Å². The molecule has 0 saturated carbocycles. The number of piperidine rings is 1. The molecular weight excluding hydrogens is 453 g/mol. The van der Waals surface area contributed by atoms with Crippen LogP contribution in [0.15, 0.2) is 28.6 Å². The van der Waals surface area contributed by atoms with E-state index in [1.165, 1.54) is 40.3 Å². The van der Waals surface area contributed by atoms with Gasteiger partial charge in [0.15, 0.2) is 4.34 Å². The van der Waals surface area contributed by atoms with Gasteiger partial charge in [0.2, 0.25) is 27.0 Å². The van der Waals surface area contributed by atoms with Crippen LogP contribution in [0.25, 0.3) is 0 Å². The lowest BCUT2D eigenvalue weighted by atomic mass is 9.97. The minimum Gasteiger partial charge on any atom is -0.325 e. The molecule has 1 aliphatic heterocycles. The predicted molar refractivity (Wildman–Crippen MR) is 113 cm³/mol. The molecule has 1 aromatic heterocycles. The summed E-state index contributed by atoms with van der Waals surface area (Å²) in [7, 11) is -3.24. The van der Waals surface area contributed by atoms with Crippen LogP contribution in [-0.2, 0) is 19.6 Å². The van der Waals surface area contributed by atoms with Crippen molar-refractivity contribution in [2.75, 3.05) is 35.7 Å². The summed E-state index contributed by atoms with van der Waals surface area (Å²) < 4.78 is 37.9. The average Bonchev–Trinajstić information content (AvgIpc) is 3.15. The van der Waals surface area contributed by atoms with Crippen LogP contribution in [0.5, 0.6) is 0 Å². The second-order valence-electron chi connectivity index (χ2n) is 6.64. The first-order valence-corrected chi connectivity index (χ1v) is 12.6. The number of aromatic nitrogens is 2. The Morgan fingerprint density at radius 3 is 2.50 bits per heavy atom. The number of hydrogen-bond donors (Lipinski definition) is 2. The van der Waals surface area contributed by atoms with Gasteiger partial charge in [-0.3, -0.25) is 9.59 Å². The molecule has 9 nitrogen and oxygen atoms in total. The molecule has 0 unspecified atom stereocenters. The highest BCUT2D eigenvalue weighted by Crippen LogP contribution is 2.27. The number of nitrogens with one attached hydrogen (secondary N) is 2. The van der Waals surface area contributed by atoms with Crippen molar-refractivity contribution in [1.82, 2.24) is 14.5 Å². The lowest BCUT2D eigenvalue weighted by Crippen LogP contribution is -2.40. The first kappa shape index (κ1) is 22.6. The highest BCUT2D eigenvalue weighted by atomic mass is 32.2. The Balaban J connectivity index is 1.44. The molecule has 13 heteroatoms. The zero-order valence-corrected chi connectivity index (χ0v) is 18.4. The van der Waals surface area contributed by atoms with Crippen molar-refractivity contribution in [3.63, 3.8) is 0 Å². The van der Waals surface area contributed by atoms with Crippen LogP contribution in [0.3, 0.4) is 0 Å². The van der Waals surface area contributed by atoms with Gasteiger partial charge in [-0.1, -0.05) is 23.1 Å². The van der Waals surface area contributed by atoms with Crippen LogP contribution < -0.4 is 10.6 Å². The minimum atomic E-state index is -3.24. The van der Waals surface area contributed by atoms with Gasteiger partial charge in [0, 0.05) is 24.7 Å². The molecule has 2 amide bonds. The topological polar surface area (TPSA) is 121 Å². The molecule has 1 aliphatic rings. The molecule has 2 aromatic rings. The first-order valence-electron chi connectivity index (χ1n) is 8.98. The molecule has 0 radical (unpaired) electrons. The zero-order chi connectivity index (χ0) is 21.7. The molecule has 3 rings (SSSR count). The van der Waals surface area contributed by atoms with Crippen molar-refractivity contribution < 1.29 is 22.4 Å². The van der Waals surface area contributed by atoms with Crippen LogP contribution >= 0.6 is 23.1 Å². The van der Waals surface area contributed by atoms with E-state index in [4.69, 9.17) is 0 Å². The van der Waals surface area contributed by atoms with Gasteiger partial charge in [-0.2, -0.15) is 0 Å². The number of anilines is 2. The van der Waals surface area contributed by atoms with Gasteiger partial charge in [-0.25, -0.2) is 17.1 Å². The number of sulfonamides is 1. The highest BCUT2D eigenvalue weighted by Gasteiger charge is 2.29. The van der Waals surface area contributed by atoms with E-state index >= 15 is 0 Å². The summed E-state index contributed by atoms with van der Waals surface area (Å²) in [5.74, 6) is -1.07. The minimum absolute atomic E-state index is 0.0872. The fraction of sp³-hybridized carbons (Fsp3) is 0.412. The summed E-state index contributed by atoms with van der Waals surface area (Å²) in [5, 5.41) is 13.5. The molecule has 162 valence electrons. The average molecular weight is 474 g/mol. The van der Waals surface area contributed by atoms with Gasteiger partial charge < -0.3 is 10.6 Å². The highest BCUT2D eigenvalue weighted by molar-refractivity contribution is 8.01. The maximum Gasteiger partial charge on any atom is 0.234 e. The second kappa shape index (κ2) is 9.81. The predicted octanol–water partition coefficient (Wildman–Crippen LogP) is 2.02. The number of nitrogens with zero attached hydrogens (tertiary/aromatic N) is 3. The normalized spacial score (nSPS) is 15.7. The van der Waals surface area contributed by atoms with E-state index in [1.807, 2.05) is 0 Å². The fourth-order valence-electron chi connectivity index (χ4n) is 2.83. The van der Waals surface area contributed by atoms with E-state index in [-0.39, 0.29) is 29.3 Å². The number of hydrogen-bond acceptors (Lipinski definition) is 8. The van der Waals surface area contributed by atoms with E-state index in [1.54, 1.807) is 0 Å². The number of carbonyl (C=O) groups is 2. The lowest BCUT2D eigenvalue weighted by molar-refractivity contribution is -0.121. The standard InChI is InChI=1S/C17H20FN5O4S3/c1-30(26,27)23-8-6-11(7-9-23)15(25)20-16-21-22-17(29-16)28-10-14(24)19-13-4-2-12(18)3-5-13/h2-5,11H,6-10H2,1H3,(H,19,24)(H,20,21,25). The summed E-state index contributed by atoms with van der Waals surface area (Å²) >= 11 is 2.32. The summed E-state index contributed by atoms with van der Waals surface area (Å²) in [6.07, 6.45) is 2.06. The lowest BCUT2D eigenvalue weighted by Gasteiger charge is -2.29. The molecule has 1 saturated heterocycles. The van der Waals surface area contributed by atoms with E-state index in [0.717, 1.165) is 17.6 Å². The Hall–Kier alpha value is -2.09. The molecule has 0 spiro atoms. The molecule has 2 N–H and O–H groups in total. The van der Waals surface area contributed by atoms with E-state index in [2.05, 4.69) is 20.8 Å². The van der Waals surface area contributed by atoms with Crippen LogP contribution in [-0.4, -0.2) is 59.8 Å². The largest absolute Gasteiger partial charge is 0.325 e. The number of halogens is 1. The molecule has 0 bridgehead atoms. The van der Waals surface area contributed by atoms with Crippen molar-refractivity contribution in [1.29, 1.82) is 0 Å². The number of benzene rings is 1. The van der Waals surface area contributed by atoms with Crippen LogP contribution in [0, 0.1) is 11.7 Å². The van der Waals surface area contributed by atoms with Crippen LogP contribution in [0.4, 0.5) is 15.2 Å². The molecule has 1 aromatic carbocycles. The number of rotatable bonds is 7. The number of carbonyl (C=O) groups excluding carboxylic acids is 2. The monoisotopic (exact) mass is 473 g/mol. The third-order valence-corrected chi connectivity index (χ3v) is 7.66. The van der Waals surface area contributed by atoms with Crippen molar-refractivity contribution in [2.45, 2.75) is 17.2 Å². The Kier molecular flexibility index (Phi) is 7.39. The molecule has 2 heterocycles. The summed E-state index contributed by atoms with van der Waals surface area (Å²) in [6, 6.07) is 5.45. The summed E-state index contributed by atoms with van der Waals surface area (Å²) in [5.41, 5.74) is 0.495. The molecule has 1 fully saturated rings. The SMILES string of the molecule is CS(=O)(=O)N1CCC(C(=O)Nc2nnc(SCC(=O)Nc3ccc(F)cc3)s2)CC1. The smallest absolute Gasteiger partial charge is 0.234 e. The number of amides is 2. The van der Waals surface area contributed by atoms with Crippen LogP contribution in [0.1, 0.15) is 12.8 Å². The first-order chi connectivity index (χ1) is 14.2. The third kappa shape index (κ3) is 6.45. The van der Waals surface area contributed by atoms with Crippen molar-refractivity contribution in [3.8, 4) is 0 Å². The molecular formula is C17H20FN5O4S3. The Morgan fingerprint density at radius 1 is 1.20 bits per heavy atom. The zero-order valence-electron chi connectivity index (χ0n) is 16.0. The maximum atomic E-state index is 12.9. The molecule has 30 heavy (non-hydrogen) atoms. The summed E-state index contributed by atoms with van der Waals surface area (Å²) in [6.45, 7) is 0.634. The molecule has 0 atom stereocenters. The third-order valence-electron chi connectivity index (χ3n) is 4.39. The van der Waals surface area contributed by atoms with E-state index in [9.17, 15) is 22.4 Å². The number of thioether (sulfide) groups is 1. The maximum absolute atomic E-state index is 12.9. The van der Waals surface area contributed by atoms with Crippen molar-refractivity contribution in [3.05, 3.63) is 30.1 Å². The van der Waals surface area contributed by atoms with Gasteiger partial charge in [0.05, 0.1) is 12.0 Å². The van der Waals surface area contributed by atoms with Gasteiger partial charge in [-0.05, 0) is 37.1 Å². The van der Waals surface area contributed by atoms with Crippen LogP contribution in [0.2, 0.25) is 0 Å². The second-order valence-corrected chi connectivity index (χ2v) is 10.8. The fourth-order valence-corrected chi connectivity index (χ4v) is 5.26. The Morgan fingerprint density at radius 2 is 1.87 bits per heavy atom.